The van der Waals surface area contributed by atoms with Crippen LogP contribution in [0.2, 0.25) is 5.02 Å². The topological polar surface area (TPSA) is 111 Å². The third kappa shape index (κ3) is 5.25. The van der Waals surface area contributed by atoms with Crippen LogP contribution >= 0.6 is 11.6 Å². The zero-order valence-corrected chi connectivity index (χ0v) is 19.5. The summed E-state index contributed by atoms with van der Waals surface area (Å²) < 4.78 is 5.56. The number of rotatable bonds is 8. The fraction of sp³-hybridized carbons (Fsp3) is 0.360. The molecule has 1 aromatic carbocycles. The molecule has 0 saturated heterocycles. The minimum absolute atomic E-state index is 0.180. The van der Waals surface area contributed by atoms with Gasteiger partial charge in [-0.1, -0.05) is 48.9 Å². The Kier molecular flexibility index (Phi) is 6.79. The van der Waals surface area contributed by atoms with Gasteiger partial charge >= 0.3 is 0 Å². The summed E-state index contributed by atoms with van der Waals surface area (Å²) in [7, 11) is 0. The fourth-order valence-corrected chi connectivity index (χ4v) is 4.48. The van der Waals surface area contributed by atoms with Crippen LogP contribution in [0.25, 0.3) is 28.0 Å². The Balaban J connectivity index is 1.54. The number of nitrogens with one attached hydrogen (secondary N) is 1. The van der Waals surface area contributed by atoms with Crippen LogP contribution in [0, 0.1) is 5.92 Å². The first kappa shape index (κ1) is 23.0. The molecule has 2 unspecified atom stereocenters. The number of primary amides is 1. The number of fused-ring (bicyclic) bond motifs is 1. The molecule has 7 nitrogen and oxygen atoms in total. The Morgan fingerprint density at radius 2 is 1.97 bits per heavy atom. The van der Waals surface area contributed by atoms with Gasteiger partial charge in [0.15, 0.2) is 11.8 Å². The molecule has 2 heterocycles. The average molecular weight is 467 g/mol. The number of ketones is 1. The maximum Gasteiger partial charge on any atom is 0.296 e. The van der Waals surface area contributed by atoms with Gasteiger partial charge in [-0.3, -0.25) is 4.79 Å². The third-order valence-corrected chi connectivity index (χ3v) is 6.26. The van der Waals surface area contributed by atoms with Crippen molar-refractivity contribution in [1.82, 2.24) is 15.0 Å². The molecule has 0 saturated carbocycles. The van der Waals surface area contributed by atoms with Crippen LogP contribution in [0.5, 0.6) is 6.01 Å². The minimum atomic E-state index is -0.764. The number of aromatic nitrogens is 3. The molecule has 8 heteroatoms. The summed E-state index contributed by atoms with van der Waals surface area (Å²) in [6, 6.07) is 10.1. The van der Waals surface area contributed by atoms with E-state index in [1.807, 2.05) is 19.1 Å². The summed E-state index contributed by atoms with van der Waals surface area (Å²) in [6.45, 7) is 3.47. The van der Waals surface area contributed by atoms with E-state index in [-0.39, 0.29) is 11.8 Å². The number of Topliss-reactive ketones (excluding diaryl/α,β-unsaturated/α-hetero) is 1. The number of hydrogen-bond donors (Lipinski definition) is 2. The molecule has 172 valence electrons. The molecular weight excluding hydrogens is 440 g/mol. The molecule has 0 fully saturated rings. The van der Waals surface area contributed by atoms with Crippen LogP contribution in [0.3, 0.4) is 0 Å². The Bertz CT molecular complexity index is 1220. The van der Waals surface area contributed by atoms with E-state index in [2.05, 4.69) is 33.2 Å². The highest BCUT2D eigenvalue weighted by Crippen LogP contribution is 2.34. The summed E-state index contributed by atoms with van der Waals surface area (Å²) in [6.07, 6.45) is 5.55. The van der Waals surface area contributed by atoms with E-state index in [0.717, 1.165) is 24.8 Å². The summed E-state index contributed by atoms with van der Waals surface area (Å²) in [5.74, 6) is 0.168. The molecule has 0 bridgehead atoms. The molecule has 0 radical (unpaired) electrons. The number of aromatic amines is 1. The number of carbonyl (C=O) groups is 2. The minimum Gasteiger partial charge on any atom is -0.451 e. The van der Waals surface area contributed by atoms with Crippen molar-refractivity contribution in [2.24, 2.45) is 11.7 Å². The zero-order valence-electron chi connectivity index (χ0n) is 18.7. The van der Waals surface area contributed by atoms with Crippen LogP contribution in [0.1, 0.15) is 51.5 Å². The van der Waals surface area contributed by atoms with Gasteiger partial charge in [-0.15, -0.1) is 0 Å². The molecule has 2 atom stereocenters. The lowest BCUT2D eigenvalue weighted by Crippen LogP contribution is -2.33. The maximum atomic E-state index is 11.4. The summed E-state index contributed by atoms with van der Waals surface area (Å²) in [5, 5.41) is 0.483. The van der Waals surface area contributed by atoms with Crippen LogP contribution < -0.4 is 10.5 Å². The molecule has 1 aliphatic rings. The lowest BCUT2D eigenvalue weighted by Gasteiger charge is -2.21. The molecule has 4 rings (SSSR count). The van der Waals surface area contributed by atoms with Crippen molar-refractivity contribution in [2.75, 3.05) is 0 Å². The van der Waals surface area contributed by atoms with Crippen molar-refractivity contribution in [3.05, 3.63) is 47.0 Å². The number of halogens is 1. The van der Waals surface area contributed by atoms with Crippen molar-refractivity contribution in [3.63, 3.8) is 0 Å². The van der Waals surface area contributed by atoms with Gasteiger partial charge in [0.1, 0.15) is 5.78 Å². The van der Waals surface area contributed by atoms with E-state index in [0.29, 0.717) is 40.6 Å². The lowest BCUT2D eigenvalue weighted by atomic mass is 9.84. The van der Waals surface area contributed by atoms with Crippen molar-refractivity contribution in [1.29, 1.82) is 0 Å². The van der Waals surface area contributed by atoms with E-state index < -0.39 is 12.0 Å². The van der Waals surface area contributed by atoms with Gasteiger partial charge in [-0.25, -0.2) is 4.98 Å². The number of ether oxygens (including phenoxy) is 1. The number of hydrogen-bond acceptors (Lipinski definition) is 5. The number of H-pyrrole nitrogens is 1. The first-order valence-electron chi connectivity index (χ1n) is 11.2. The Labute approximate surface area is 197 Å². The van der Waals surface area contributed by atoms with Gasteiger partial charge in [0.05, 0.1) is 16.2 Å². The van der Waals surface area contributed by atoms with E-state index >= 15 is 0 Å². The number of nitrogens with zero attached hydrogens (tertiary/aromatic N) is 2. The number of amides is 1. The number of allylic oxidation sites excluding steroid dienone is 2. The smallest absolute Gasteiger partial charge is 0.296 e. The molecule has 33 heavy (non-hydrogen) atoms. The highest BCUT2D eigenvalue weighted by Gasteiger charge is 2.19. The summed E-state index contributed by atoms with van der Waals surface area (Å²) in [4.78, 5) is 34.7. The predicted octanol–water partition coefficient (Wildman–Crippen LogP) is 5.08. The van der Waals surface area contributed by atoms with Crippen LogP contribution in [-0.4, -0.2) is 32.7 Å². The average Bonchev–Trinajstić information content (AvgIpc) is 3.18. The Morgan fingerprint density at radius 3 is 2.58 bits per heavy atom. The van der Waals surface area contributed by atoms with E-state index in [4.69, 9.17) is 22.1 Å². The molecule has 1 aliphatic carbocycles. The summed E-state index contributed by atoms with van der Waals surface area (Å²) in [5.41, 5.74) is 10.4. The van der Waals surface area contributed by atoms with E-state index in [1.54, 1.807) is 13.0 Å². The molecule has 3 N–H and O–H groups in total. The second kappa shape index (κ2) is 9.75. The standard InChI is InChI=1S/C25H27ClN4O3/c1-3-21(23(27)32)33-25-28-20-13-19(26)22(29-24(20)30-25)18-10-8-17(9-11-18)16-6-4-15(5-7-16)12-14(2)31/h6,8-11,13,15,21H,3-5,7,12H2,1-2H3,(H2,27,32)(H,28,29,30). The van der Waals surface area contributed by atoms with Crippen LogP contribution in [-0.2, 0) is 9.59 Å². The largest absolute Gasteiger partial charge is 0.451 e. The molecule has 1 amide bonds. The van der Waals surface area contributed by atoms with Gasteiger partial charge in [0.2, 0.25) is 0 Å². The second-order valence-corrected chi connectivity index (χ2v) is 8.91. The van der Waals surface area contributed by atoms with Gasteiger partial charge in [0.25, 0.3) is 11.9 Å². The van der Waals surface area contributed by atoms with Crippen molar-refractivity contribution >= 4 is 40.0 Å². The van der Waals surface area contributed by atoms with Crippen LogP contribution in [0.15, 0.2) is 36.4 Å². The quantitative estimate of drug-likeness (QED) is 0.480. The molecular formula is C25H27ClN4O3. The first-order chi connectivity index (χ1) is 15.8. The number of benzene rings is 1. The lowest BCUT2D eigenvalue weighted by molar-refractivity contribution is -0.125. The SMILES string of the molecule is CCC(Oc1nc2nc(-c3ccc(C4=CCC(CC(C)=O)CC4)cc3)c(Cl)cc2[nH]1)C(N)=O. The van der Waals surface area contributed by atoms with Gasteiger partial charge in [-0.2, -0.15) is 4.98 Å². The normalized spacial score (nSPS) is 16.9. The molecule has 0 aliphatic heterocycles. The second-order valence-electron chi connectivity index (χ2n) is 8.50. The van der Waals surface area contributed by atoms with Gasteiger partial charge in [0, 0.05) is 12.0 Å². The van der Waals surface area contributed by atoms with Gasteiger partial charge in [-0.05, 0) is 55.7 Å². The van der Waals surface area contributed by atoms with Crippen molar-refractivity contribution in [2.45, 2.75) is 52.1 Å². The highest BCUT2D eigenvalue weighted by molar-refractivity contribution is 6.33. The zero-order chi connectivity index (χ0) is 23.5. The molecule has 2 aromatic heterocycles. The number of nitrogens with two attached hydrogens (primary N) is 1. The number of pyridine rings is 1. The van der Waals surface area contributed by atoms with Gasteiger partial charge < -0.3 is 20.2 Å². The fourth-order valence-electron chi connectivity index (χ4n) is 4.22. The first-order valence-corrected chi connectivity index (χ1v) is 11.5. The van der Waals surface area contributed by atoms with E-state index in [1.165, 1.54) is 11.1 Å². The Morgan fingerprint density at radius 1 is 1.24 bits per heavy atom. The predicted molar refractivity (Wildman–Crippen MR) is 129 cm³/mol. The molecule has 3 aromatic rings. The summed E-state index contributed by atoms with van der Waals surface area (Å²) >= 11 is 6.51. The van der Waals surface area contributed by atoms with Crippen LogP contribution in [0.4, 0.5) is 0 Å². The van der Waals surface area contributed by atoms with E-state index in [9.17, 15) is 9.59 Å². The third-order valence-electron chi connectivity index (χ3n) is 5.97. The maximum absolute atomic E-state index is 11.4. The van der Waals surface area contributed by atoms with Crippen molar-refractivity contribution in [3.8, 4) is 17.3 Å². The molecule has 0 spiro atoms. The highest BCUT2D eigenvalue weighted by atomic mass is 35.5. The monoisotopic (exact) mass is 466 g/mol. The number of carbonyl (C=O) groups excluding carboxylic acids is 2. The Hall–Kier alpha value is -3.19. The number of imidazole rings is 1. The van der Waals surface area contributed by atoms with Crippen molar-refractivity contribution < 1.29 is 14.3 Å².